The third kappa shape index (κ3) is 4.49. The number of esters is 2. The van der Waals surface area contributed by atoms with Gasteiger partial charge in [-0.05, 0) is 36.8 Å². The largest absolute Gasteiger partial charge is 0.461 e. The predicted molar refractivity (Wildman–Crippen MR) is 149 cm³/mol. The highest BCUT2D eigenvalue weighted by atomic mass is 16.6. The minimum Gasteiger partial charge on any atom is -0.461 e. The molecule has 8 heteroatoms. The molecule has 2 saturated carbocycles. The number of hydrogen-bond acceptors (Lipinski definition) is 8. The normalized spacial score (nSPS) is 39.2. The molecule has 224 valence electrons. The van der Waals surface area contributed by atoms with Gasteiger partial charge in [0.2, 0.25) is 0 Å². The van der Waals surface area contributed by atoms with Gasteiger partial charge in [-0.3, -0.25) is 14.4 Å². The van der Waals surface area contributed by atoms with E-state index in [9.17, 15) is 29.7 Å². The molecule has 0 heterocycles. The number of unbranched alkanes of at least 4 members (excludes halogenated alkanes) is 6. The van der Waals surface area contributed by atoms with Crippen LogP contribution < -0.4 is 0 Å². The third-order valence-electron chi connectivity index (χ3n) is 10.6. The molecule has 1 spiro atoms. The summed E-state index contributed by atoms with van der Waals surface area (Å²) in [7, 11) is 0. The van der Waals surface area contributed by atoms with E-state index < -0.39 is 52.0 Å². The summed E-state index contributed by atoms with van der Waals surface area (Å²) in [6, 6.07) is 0. The molecular weight excluding hydrogens is 512 g/mol. The van der Waals surface area contributed by atoms with Crippen molar-refractivity contribution in [2.24, 2.45) is 28.6 Å². The Kier molecular flexibility index (Phi) is 8.50. The molecule has 0 aromatic rings. The number of rotatable bonds is 11. The van der Waals surface area contributed by atoms with E-state index in [0.29, 0.717) is 18.4 Å². The molecule has 0 radical (unpaired) electrons. The molecule has 0 aromatic heterocycles. The molecule has 5 unspecified atom stereocenters. The second-order valence-corrected chi connectivity index (χ2v) is 13.3. The maximum Gasteiger partial charge on any atom is 0.306 e. The van der Waals surface area contributed by atoms with E-state index in [0.717, 1.165) is 19.3 Å². The quantitative estimate of drug-likeness (QED) is 0.195. The summed E-state index contributed by atoms with van der Waals surface area (Å²) in [6.07, 6.45) is 8.33. The lowest BCUT2D eigenvalue weighted by Crippen LogP contribution is -2.65. The van der Waals surface area contributed by atoms with Gasteiger partial charge < -0.3 is 24.8 Å². The van der Waals surface area contributed by atoms with Gasteiger partial charge >= 0.3 is 11.9 Å². The van der Waals surface area contributed by atoms with Crippen molar-refractivity contribution < 1.29 is 39.2 Å². The summed E-state index contributed by atoms with van der Waals surface area (Å²) in [5, 5.41) is 34.9. The molecule has 0 saturated heterocycles. The molecular formula is C32H48O8. The van der Waals surface area contributed by atoms with Gasteiger partial charge in [0.25, 0.3) is 0 Å². The van der Waals surface area contributed by atoms with Gasteiger partial charge in [-0.1, -0.05) is 78.4 Å². The Morgan fingerprint density at radius 1 is 1.05 bits per heavy atom. The fraction of sp³-hybridized carbons (Fsp3) is 0.781. The average Bonchev–Trinajstić information content (AvgIpc) is 3.30. The fourth-order valence-corrected chi connectivity index (χ4v) is 8.38. The minimum absolute atomic E-state index is 0.167. The summed E-state index contributed by atoms with van der Waals surface area (Å²) in [6.45, 7) is 10.6. The van der Waals surface area contributed by atoms with Crippen molar-refractivity contribution in [1.29, 1.82) is 0 Å². The first-order valence-electron chi connectivity index (χ1n) is 15.1. The SMILES string of the molecule is CCCCCCCCCC(=O)O[C@@]12C[C@@H](C)C34C=C(C)C(O)C3(O)C(O)C(COC(C)=O)=CC(C4=O)[C@H]1C2(C)C. The average molecular weight is 561 g/mol. The van der Waals surface area contributed by atoms with Crippen molar-refractivity contribution in [3.63, 3.8) is 0 Å². The van der Waals surface area contributed by atoms with Crippen molar-refractivity contribution in [2.45, 2.75) is 123 Å². The number of ketones is 1. The molecule has 8 atom stereocenters. The number of carbonyl (C=O) groups excluding carboxylic acids is 3. The van der Waals surface area contributed by atoms with E-state index >= 15 is 0 Å². The van der Waals surface area contributed by atoms with Gasteiger partial charge in [-0.2, -0.15) is 0 Å². The molecule has 4 aliphatic rings. The highest BCUT2D eigenvalue weighted by molar-refractivity contribution is 5.96. The van der Waals surface area contributed by atoms with Crippen LogP contribution in [0.1, 0.15) is 99.3 Å². The summed E-state index contributed by atoms with van der Waals surface area (Å²) < 4.78 is 11.5. The van der Waals surface area contributed by atoms with E-state index in [1.165, 1.54) is 32.6 Å². The predicted octanol–water partition coefficient (Wildman–Crippen LogP) is 4.19. The van der Waals surface area contributed by atoms with Crippen molar-refractivity contribution in [1.82, 2.24) is 0 Å². The number of hydrogen-bond donors (Lipinski definition) is 3. The Morgan fingerprint density at radius 3 is 2.30 bits per heavy atom. The van der Waals surface area contributed by atoms with E-state index in [1.807, 2.05) is 20.8 Å². The van der Waals surface area contributed by atoms with Crippen LogP contribution in [0.2, 0.25) is 0 Å². The zero-order valence-corrected chi connectivity index (χ0v) is 25.0. The van der Waals surface area contributed by atoms with Gasteiger partial charge in [0.05, 0.1) is 5.41 Å². The zero-order valence-electron chi connectivity index (χ0n) is 25.0. The smallest absolute Gasteiger partial charge is 0.306 e. The summed E-state index contributed by atoms with van der Waals surface area (Å²) in [5.41, 5.74) is -4.76. The number of aliphatic hydroxyl groups is 3. The van der Waals surface area contributed by atoms with E-state index in [1.54, 1.807) is 19.1 Å². The number of Topliss-reactive ketones (excluding diaryl/α,β-unsaturated/α-hetero) is 1. The molecule has 0 aromatic carbocycles. The first kappa shape index (κ1) is 30.9. The molecule has 2 fully saturated rings. The van der Waals surface area contributed by atoms with Gasteiger partial charge in [-0.15, -0.1) is 0 Å². The molecule has 4 aliphatic carbocycles. The molecule has 8 nitrogen and oxygen atoms in total. The summed E-state index contributed by atoms with van der Waals surface area (Å²) in [4.78, 5) is 39.4. The Labute approximate surface area is 238 Å². The van der Waals surface area contributed by atoms with Gasteiger partial charge in [0.15, 0.2) is 5.78 Å². The molecule has 0 aliphatic heterocycles. The minimum atomic E-state index is -2.25. The first-order valence-corrected chi connectivity index (χ1v) is 15.1. The Morgan fingerprint density at radius 2 is 1.68 bits per heavy atom. The number of fused-ring (bicyclic) bond motifs is 3. The van der Waals surface area contributed by atoms with Crippen molar-refractivity contribution in [2.75, 3.05) is 6.61 Å². The molecule has 4 rings (SSSR count). The maximum atomic E-state index is 14.5. The van der Waals surface area contributed by atoms with Crippen LogP contribution >= 0.6 is 0 Å². The van der Waals surface area contributed by atoms with Crippen LogP contribution in [0, 0.1) is 28.6 Å². The number of aliphatic hydroxyl groups excluding tert-OH is 2. The van der Waals surface area contributed by atoms with Crippen LogP contribution in [0.3, 0.4) is 0 Å². The second kappa shape index (κ2) is 11.0. The molecule has 3 N–H and O–H groups in total. The Bertz CT molecular complexity index is 1090. The first-order chi connectivity index (χ1) is 18.7. The summed E-state index contributed by atoms with van der Waals surface area (Å²) >= 11 is 0. The van der Waals surface area contributed by atoms with Crippen LogP contribution in [0.4, 0.5) is 0 Å². The van der Waals surface area contributed by atoms with Gasteiger partial charge in [0, 0.05) is 30.6 Å². The third-order valence-corrected chi connectivity index (χ3v) is 10.6. The van der Waals surface area contributed by atoms with E-state index in [-0.39, 0.29) is 29.9 Å². The molecule has 2 bridgehead atoms. The van der Waals surface area contributed by atoms with Crippen LogP contribution in [-0.2, 0) is 23.9 Å². The lowest BCUT2D eigenvalue weighted by Gasteiger charge is -2.48. The number of ether oxygens (including phenoxy) is 2. The van der Waals surface area contributed by atoms with E-state index in [4.69, 9.17) is 9.47 Å². The standard InChI is InChI=1S/C32H48O8/c1-7-8-9-10-11-12-13-14-24(34)40-31-17-20(3)30-16-19(2)26(35)32(30,38)27(36)22(18-39-21(4)33)15-23(28(30)37)25(31)29(31,5)6/h15-16,20,23,25-27,35-36,38H,7-14,17-18H2,1-6H3/t20-,23?,25+,26?,27?,30?,31+,32?/m1/s1. The van der Waals surface area contributed by atoms with Crippen molar-refractivity contribution >= 4 is 17.7 Å². The number of carbonyl (C=O) groups is 3. The van der Waals surface area contributed by atoms with Crippen LogP contribution in [0.25, 0.3) is 0 Å². The topological polar surface area (TPSA) is 130 Å². The monoisotopic (exact) mass is 560 g/mol. The van der Waals surface area contributed by atoms with Crippen LogP contribution in [0.15, 0.2) is 23.3 Å². The van der Waals surface area contributed by atoms with Crippen LogP contribution in [-0.4, -0.2) is 63.1 Å². The lowest BCUT2D eigenvalue weighted by atomic mass is 9.59. The second-order valence-electron chi connectivity index (χ2n) is 13.3. The molecule has 0 amide bonds. The molecule has 40 heavy (non-hydrogen) atoms. The van der Waals surface area contributed by atoms with Crippen LogP contribution in [0.5, 0.6) is 0 Å². The number of allylic oxidation sites excluding steroid dienone is 1. The van der Waals surface area contributed by atoms with E-state index in [2.05, 4.69) is 6.92 Å². The Hall–Kier alpha value is -2.03. The zero-order chi connectivity index (χ0) is 29.7. The van der Waals surface area contributed by atoms with Gasteiger partial charge in [0.1, 0.15) is 30.0 Å². The van der Waals surface area contributed by atoms with Gasteiger partial charge in [-0.25, -0.2) is 0 Å². The summed E-state index contributed by atoms with van der Waals surface area (Å²) in [5.74, 6) is -2.92. The highest BCUT2D eigenvalue weighted by Gasteiger charge is 2.83. The Balaban J connectivity index is 1.66. The lowest BCUT2D eigenvalue weighted by molar-refractivity contribution is -0.192. The fourth-order valence-electron chi connectivity index (χ4n) is 8.38. The van der Waals surface area contributed by atoms with Crippen molar-refractivity contribution in [3.05, 3.63) is 23.3 Å². The maximum absolute atomic E-state index is 14.5. The highest BCUT2D eigenvalue weighted by Crippen LogP contribution is 2.75. The van der Waals surface area contributed by atoms with Crippen molar-refractivity contribution in [3.8, 4) is 0 Å².